The molecule has 0 spiro atoms. The Labute approximate surface area is 135 Å². The number of hydrogen-bond acceptors (Lipinski definition) is 4. The quantitative estimate of drug-likeness (QED) is 0.723. The molecule has 118 valence electrons. The summed E-state index contributed by atoms with van der Waals surface area (Å²) in [5, 5.41) is 0. The van der Waals surface area contributed by atoms with Gasteiger partial charge in [-0.15, -0.1) is 0 Å². The summed E-state index contributed by atoms with van der Waals surface area (Å²) in [6.45, 7) is 2.73. The van der Waals surface area contributed by atoms with Gasteiger partial charge in [-0.3, -0.25) is 4.79 Å². The second kappa shape index (κ2) is 9.02. The summed E-state index contributed by atoms with van der Waals surface area (Å²) >= 11 is 3.40. The van der Waals surface area contributed by atoms with Crippen LogP contribution in [-0.2, 0) is 4.74 Å². The first kappa shape index (κ1) is 17.9. The molecule has 0 saturated carbocycles. The van der Waals surface area contributed by atoms with E-state index in [1.807, 2.05) is 19.0 Å². The van der Waals surface area contributed by atoms with Crippen molar-refractivity contribution in [1.82, 2.24) is 9.80 Å². The van der Waals surface area contributed by atoms with Crippen molar-refractivity contribution in [3.8, 4) is 0 Å². The molecule has 1 amide bonds. The molecule has 1 rings (SSSR count). The van der Waals surface area contributed by atoms with Gasteiger partial charge in [0, 0.05) is 25.9 Å². The first-order valence-electron chi connectivity index (χ1n) is 6.94. The molecule has 0 bridgehead atoms. The number of rotatable bonds is 8. The third kappa shape index (κ3) is 5.65. The molecule has 0 atom stereocenters. The van der Waals surface area contributed by atoms with Crippen LogP contribution in [0.3, 0.4) is 0 Å². The van der Waals surface area contributed by atoms with Gasteiger partial charge >= 0.3 is 0 Å². The molecule has 0 aliphatic heterocycles. The highest BCUT2D eigenvalue weighted by Gasteiger charge is 2.18. The van der Waals surface area contributed by atoms with E-state index in [9.17, 15) is 4.79 Å². The van der Waals surface area contributed by atoms with Crippen molar-refractivity contribution < 1.29 is 9.53 Å². The lowest BCUT2D eigenvalue weighted by Gasteiger charge is -2.24. The highest BCUT2D eigenvalue weighted by molar-refractivity contribution is 9.10. The highest BCUT2D eigenvalue weighted by Crippen LogP contribution is 2.25. The van der Waals surface area contributed by atoms with Gasteiger partial charge in [0.1, 0.15) is 0 Å². The molecule has 0 aliphatic rings. The molecular formula is C15H24BrN3O2. The van der Waals surface area contributed by atoms with E-state index >= 15 is 0 Å². The van der Waals surface area contributed by atoms with Crippen LogP contribution in [0, 0.1) is 0 Å². The number of methoxy groups -OCH3 is 1. The van der Waals surface area contributed by atoms with Gasteiger partial charge in [-0.1, -0.05) is 6.07 Å². The second-order valence-corrected chi connectivity index (χ2v) is 5.94. The van der Waals surface area contributed by atoms with E-state index in [1.165, 1.54) is 0 Å². The smallest absolute Gasteiger partial charge is 0.255 e. The van der Waals surface area contributed by atoms with Gasteiger partial charge in [-0.05, 0) is 55.1 Å². The van der Waals surface area contributed by atoms with Crippen LogP contribution in [0.25, 0.3) is 0 Å². The lowest BCUT2D eigenvalue weighted by Crippen LogP contribution is -2.36. The fourth-order valence-electron chi connectivity index (χ4n) is 1.98. The number of halogens is 1. The van der Waals surface area contributed by atoms with Crippen molar-refractivity contribution in [3.05, 3.63) is 28.2 Å². The normalized spacial score (nSPS) is 10.9. The largest absolute Gasteiger partial charge is 0.398 e. The average molecular weight is 358 g/mol. The molecule has 0 heterocycles. The van der Waals surface area contributed by atoms with Gasteiger partial charge in [0.15, 0.2) is 0 Å². The zero-order valence-electron chi connectivity index (χ0n) is 12.9. The fraction of sp³-hybridized carbons (Fsp3) is 0.533. The van der Waals surface area contributed by atoms with Crippen LogP contribution < -0.4 is 5.73 Å². The molecule has 1 aromatic carbocycles. The van der Waals surface area contributed by atoms with Crippen LogP contribution >= 0.6 is 15.9 Å². The van der Waals surface area contributed by atoms with Gasteiger partial charge in [-0.25, -0.2) is 0 Å². The molecular weight excluding hydrogens is 334 g/mol. The first-order valence-corrected chi connectivity index (χ1v) is 7.73. The fourth-order valence-corrected chi connectivity index (χ4v) is 2.41. The van der Waals surface area contributed by atoms with Gasteiger partial charge in [-0.2, -0.15) is 0 Å². The Morgan fingerprint density at radius 2 is 2.00 bits per heavy atom. The summed E-state index contributed by atoms with van der Waals surface area (Å²) in [6, 6.07) is 5.35. The number of carbonyl (C=O) groups is 1. The number of nitrogen functional groups attached to an aromatic ring is 1. The predicted molar refractivity (Wildman–Crippen MR) is 89.5 cm³/mol. The van der Waals surface area contributed by atoms with Crippen LogP contribution in [-0.4, -0.2) is 63.2 Å². The monoisotopic (exact) mass is 357 g/mol. The predicted octanol–water partition coefficient (Wildman–Crippen LogP) is 2.07. The standard InChI is InChI=1S/C15H24BrN3O2/c1-18(2)8-5-9-19(10-11-21-3)15(20)12-6-4-7-13(17)14(12)16/h4,6-7H,5,8-11,17H2,1-3H3. The van der Waals surface area contributed by atoms with E-state index in [0.29, 0.717) is 35.4 Å². The number of nitrogens with zero attached hydrogens (tertiary/aromatic N) is 2. The summed E-state index contributed by atoms with van der Waals surface area (Å²) in [7, 11) is 5.69. The van der Waals surface area contributed by atoms with Gasteiger partial charge < -0.3 is 20.3 Å². The third-order valence-electron chi connectivity index (χ3n) is 3.14. The number of benzene rings is 1. The van der Waals surface area contributed by atoms with Crippen molar-refractivity contribution in [3.63, 3.8) is 0 Å². The Morgan fingerprint density at radius 1 is 1.29 bits per heavy atom. The Morgan fingerprint density at radius 3 is 2.62 bits per heavy atom. The minimum absolute atomic E-state index is 0.0232. The minimum Gasteiger partial charge on any atom is -0.398 e. The van der Waals surface area contributed by atoms with Crippen LogP contribution in [0.15, 0.2) is 22.7 Å². The van der Waals surface area contributed by atoms with E-state index in [0.717, 1.165) is 13.0 Å². The number of ether oxygens (including phenoxy) is 1. The van der Waals surface area contributed by atoms with Crippen molar-refractivity contribution in [2.45, 2.75) is 6.42 Å². The van der Waals surface area contributed by atoms with E-state index < -0.39 is 0 Å². The molecule has 0 aliphatic carbocycles. The maximum atomic E-state index is 12.7. The van der Waals surface area contributed by atoms with Crippen molar-refractivity contribution in [1.29, 1.82) is 0 Å². The van der Waals surface area contributed by atoms with Gasteiger partial charge in [0.25, 0.3) is 5.91 Å². The molecule has 0 aromatic heterocycles. The molecule has 1 aromatic rings. The SMILES string of the molecule is COCCN(CCCN(C)C)C(=O)c1cccc(N)c1Br. The van der Waals surface area contributed by atoms with Gasteiger partial charge in [0.05, 0.1) is 16.6 Å². The van der Waals surface area contributed by atoms with E-state index in [1.54, 1.807) is 25.3 Å². The lowest BCUT2D eigenvalue weighted by molar-refractivity contribution is 0.0688. The second-order valence-electron chi connectivity index (χ2n) is 5.15. The van der Waals surface area contributed by atoms with Crippen molar-refractivity contribution in [2.24, 2.45) is 0 Å². The highest BCUT2D eigenvalue weighted by atomic mass is 79.9. The van der Waals surface area contributed by atoms with E-state index in [2.05, 4.69) is 20.8 Å². The number of hydrogen-bond donors (Lipinski definition) is 1. The van der Waals surface area contributed by atoms with Crippen LogP contribution in [0.5, 0.6) is 0 Å². The zero-order chi connectivity index (χ0) is 15.8. The van der Waals surface area contributed by atoms with Crippen LogP contribution in [0.1, 0.15) is 16.8 Å². The third-order valence-corrected chi connectivity index (χ3v) is 4.03. The Balaban J connectivity index is 2.80. The van der Waals surface area contributed by atoms with Crippen molar-refractivity contribution in [2.75, 3.05) is 53.2 Å². The molecule has 0 saturated heterocycles. The molecule has 0 unspecified atom stereocenters. The number of nitrogens with two attached hydrogens (primary N) is 1. The van der Waals surface area contributed by atoms with E-state index in [-0.39, 0.29) is 5.91 Å². The Kier molecular flexibility index (Phi) is 7.71. The summed E-state index contributed by atoms with van der Waals surface area (Å²) in [4.78, 5) is 16.6. The van der Waals surface area contributed by atoms with Crippen LogP contribution in [0.4, 0.5) is 5.69 Å². The average Bonchev–Trinajstić information content (AvgIpc) is 2.44. The molecule has 2 N–H and O–H groups in total. The number of anilines is 1. The number of carbonyl (C=O) groups excluding carboxylic acids is 1. The van der Waals surface area contributed by atoms with E-state index in [4.69, 9.17) is 10.5 Å². The summed E-state index contributed by atoms with van der Waals surface area (Å²) in [5.74, 6) is -0.0232. The maximum Gasteiger partial charge on any atom is 0.255 e. The molecule has 21 heavy (non-hydrogen) atoms. The molecule has 0 fully saturated rings. The summed E-state index contributed by atoms with van der Waals surface area (Å²) in [6.07, 6.45) is 0.919. The zero-order valence-corrected chi connectivity index (χ0v) is 14.5. The topological polar surface area (TPSA) is 58.8 Å². The lowest BCUT2D eigenvalue weighted by atomic mass is 10.1. The molecule has 5 nitrogen and oxygen atoms in total. The minimum atomic E-state index is -0.0232. The van der Waals surface area contributed by atoms with Gasteiger partial charge in [0.2, 0.25) is 0 Å². The van der Waals surface area contributed by atoms with Crippen LogP contribution in [0.2, 0.25) is 0 Å². The summed E-state index contributed by atoms with van der Waals surface area (Å²) in [5.41, 5.74) is 7.01. The Bertz CT molecular complexity index is 466. The molecule has 0 radical (unpaired) electrons. The summed E-state index contributed by atoms with van der Waals surface area (Å²) < 4.78 is 5.76. The van der Waals surface area contributed by atoms with Crippen molar-refractivity contribution >= 4 is 27.5 Å². The number of amides is 1. The Hall–Kier alpha value is -1.11. The molecule has 6 heteroatoms. The first-order chi connectivity index (χ1) is 9.97. The maximum absolute atomic E-state index is 12.7.